The lowest BCUT2D eigenvalue weighted by Crippen LogP contribution is -2.48. The first kappa shape index (κ1) is 28.2. The van der Waals surface area contributed by atoms with E-state index in [1.54, 1.807) is 16.6 Å². The second-order valence-corrected chi connectivity index (χ2v) is 9.47. The summed E-state index contributed by atoms with van der Waals surface area (Å²) in [5.41, 5.74) is 1.46. The standard InChI is InChI=1S/C24H42N4O6/c1-17(2)13-19-14-20(26(4)25-19)24(32)27-9-6-7-12-34-16-21(30)23(31)22(33-5)15-28(18(3)29)11-8-10-27/h14,17,21-23,30-31H,6-13,15-16H2,1-5H3/t21-,22-,23-/m0/s1. The minimum absolute atomic E-state index is 0.0304. The molecule has 2 rings (SSSR count). The summed E-state index contributed by atoms with van der Waals surface area (Å²) in [5.74, 6) is 0.208. The zero-order valence-corrected chi connectivity index (χ0v) is 21.3. The number of aliphatic hydroxyl groups excluding tert-OH is 2. The molecular formula is C24H42N4O6. The van der Waals surface area contributed by atoms with Gasteiger partial charge in [-0.3, -0.25) is 14.3 Å². The molecular weight excluding hydrogens is 440 g/mol. The Bertz CT molecular complexity index is 784. The van der Waals surface area contributed by atoms with Crippen LogP contribution in [0.4, 0.5) is 0 Å². The molecule has 10 nitrogen and oxygen atoms in total. The number of nitrogens with zero attached hydrogens (tertiary/aromatic N) is 4. The van der Waals surface area contributed by atoms with E-state index in [4.69, 9.17) is 9.47 Å². The highest BCUT2D eigenvalue weighted by Gasteiger charge is 2.29. The highest BCUT2D eigenvalue weighted by Crippen LogP contribution is 2.14. The van der Waals surface area contributed by atoms with Crippen molar-refractivity contribution in [3.05, 3.63) is 17.5 Å². The molecule has 0 radical (unpaired) electrons. The van der Waals surface area contributed by atoms with Crippen molar-refractivity contribution in [1.29, 1.82) is 0 Å². The number of hydrogen-bond acceptors (Lipinski definition) is 7. The number of carbonyl (C=O) groups is 2. The molecule has 2 amide bonds. The largest absolute Gasteiger partial charge is 0.388 e. The van der Waals surface area contributed by atoms with Crippen LogP contribution in [0.2, 0.25) is 0 Å². The van der Waals surface area contributed by atoms with E-state index in [0.717, 1.165) is 18.5 Å². The second kappa shape index (κ2) is 13.8. The summed E-state index contributed by atoms with van der Waals surface area (Å²) in [7, 11) is 3.23. The lowest BCUT2D eigenvalue weighted by molar-refractivity contribution is -0.136. The molecule has 0 saturated carbocycles. The molecule has 2 N–H and O–H groups in total. The summed E-state index contributed by atoms with van der Waals surface area (Å²) < 4.78 is 12.5. The number of rotatable bonds is 4. The van der Waals surface area contributed by atoms with Crippen LogP contribution < -0.4 is 0 Å². The van der Waals surface area contributed by atoms with Crippen LogP contribution in [0.3, 0.4) is 0 Å². The summed E-state index contributed by atoms with van der Waals surface area (Å²) >= 11 is 0. The molecule has 1 saturated heterocycles. The van der Waals surface area contributed by atoms with E-state index in [-0.39, 0.29) is 25.0 Å². The third-order valence-electron chi connectivity index (χ3n) is 6.09. The van der Waals surface area contributed by atoms with Gasteiger partial charge >= 0.3 is 0 Å². The van der Waals surface area contributed by atoms with Crippen LogP contribution >= 0.6 is 0 Å². The lowest BCUT2D eigenvalue weighted by atomic mass is 10.1. The fourth-order valence-corrected chi connectivity index (χ4v) is 4.15. The first-order chi connectivity index (χ1) is 16.1. The average molecular weight is 483 g/mol. The van der Waals surface area contributed by atoms with E-state index < -0.39 is 18.3 Å². The Kier molecular flexibility index (Phi) is 11.4. The quantitative estimate of drug-likeness (QED) is 0.653. The Morgan fingerprint density at radius 3 is 2.50 bits per heavy atom. The van der Waals surface area contributed by atoms with Gasteiger partial charge in [-0.25, -0.2) is 0 Å². The van der Waals surface area contributed by atoms with Crippen molar-refractivity contribution in [2.45, 2.75) is 64.8 Å². The van der Waals surface area contributed by atoms with Crippen LogP contribution in [0, 0.1) is 5.92 Å². The van der Waals surface area contributed by atoms with Gasteiger partial charge in [0.05, 0.1) is 12.3 Å². The molecule has 0 unspecified atom stereocenters. The zero-order valence-electron chi connectivity index (χ0n) is 21.3. The summed E-state index contributed by atoms with van der Waals surface area (Å²) in [6.07, 6.45) is -0.217. The van der Waals surface area contributed by atoms with Crippen LogP contribution in [0.15, 0.2) is 6.07 Å². The maximum Gasteiger partial charge on any atom is 0.272 e. The number of aromatic nitrogens is 2. The Balaban J connectivity index is 2.16. The first-order valence-corrected chi connectivity index (χ1v) is 12.2. The third kappa shape index (κ3) is 8.33. The van der Waals surface area contributed by atoms with Crippen molar-refractivity contribution in [2.75, 3.05) is 46.5 Å². The summed E-state index contributed by atoms with van der Waals surface area (Å²) in [6, 6.07) is 1.87. The maximum atomic E-state index is 13.4. The van der Waals surface area contributed by atoms with E-state index in [0.29, 0.717) is 50.7 Å². The van der Waals surface area contributed by atoms with Crippen LogP contribution in [0.1, 0.15) is 56.2 Å². The normalized spacial score (nSPS) is 24.1. The zero-order chi connectivity index (χ0) is 25.3. The third-order valence-corrected chi connectivity index (χ3v) is 6.09. The number of amides is 2. The monoisotopic (exact) mass is 482 g/mol. The fourth-order valence-electron chi connectivity index (χ4n) is 4.15. The van der Waals surface area contributed by atoms with Crippen molar-refractivity contribution in [2.24, 2.45) is 13.0 Å². The molecule has 2 heterocycles. The van der Waals surface area contributed by atoms with Crippen molar-refractivity contribution < 1.29 is 29.3 Å². The predicted molar refractivity (Wildman–Crippen MR) is 127 cm³/mol. The minimum atomic E-state index is -1.18. The highest BCUT2D eigenvalue weighted by molar-refractivity contribution is 5.92. The van der Waals surface area contributed by atoms with Gasteiger partial charge in [-0.15, -0.1) is 0 Å². The van der Waals surface area contributed by atoms with Gasteiger partial charge < -0.3 is 29.5 Å². The van der Waals surface area contributed by atoms with Gasteiger partial charge in [0.1, 0.15) is 24.0 Å². The second-order valence-electron chi connectivity index (χ2n) is 9.47. The van der Waals surface area contributed by atoms with Crippen LogP contribution in [-0.2, 0) is 27.7 Å². The molecule has 1 aromatic heterocycles. The van der Waals surface area contributed by atoms with Crippen LogP contribution in [0.25, 0.3) is 0 Å². The SMILES string of the molecule is CO[C@H]1CN(C(C)=O)CCCN(C(=O)c2cc(CC(C)C)nn2C)CCCCOC[C@H](O)[C@@H]1O. The number of aliphatic hydroxyl groups is 2. The van der Waals surface area contributed by atoms with E-state index in [1.165, 1.54) is 14.0 Å². The number of methoxy groups -OCH3 is 1. The van der Waals surface area contributed by atoms with Gasteiger partial charge in [-0.05, 0) is 37.7 Å². The first-order valence-electron chi connectivity index (χ1n) is 12.2. The van der Waals surface area contributed by atoms with E-state index >= 15 is 0 Å². The number of ether oxygens (including phenoxy) is 2. The molecule has 34 heavy (non-hydrogen) atoms. The number of aryl methyl sites for hydroxylation is 1. The Hall–Kier alpha value is -2.01. The van der Waals surface area contributed by atoms with Gasteiger partial charge in [-0.1, -0.05) is 13.8 Å². The summed E-state index contributed by atoms with van der Waals surface area (Å²) in [4.78, 5) is 29.0. The maximum absolute atomic E-state index is 13.4. The molecule has 1 aromatic rings. The molecule has 1 aliphatic heterocycles. The van der Waals surface area contributed by atoms with Gasteiger partial charge in [0.2, 0.25) is 5.91 Å². The molecule has 0 aromatic carbocycles. The Labute approximate surface area is 202 Å². The molecule has 0 bridgehead atoms. The van der Waals surface area contributed by atoms with Crippen molar-refractivity contribution >= 4 is 11.8 Å². The molecule has 0 aliphatic carbocycles. The van der Waals surface area contributed by atoms with Crippen LogP contribution in [-0.4, -0.2) is 106 Å². The van der Waals surface area contributed by atoms with Gasteiger partial charge in [0.15, 0.2) is 0 Å². The summed E-state index contributed by atoms with van der Waals surface area (Å²) in [6.45, 7) is 7.66. The summed E-state index contributed by atoms with van der Waals surface area (Å²) in [5, 5.41) is 25.3. The Morgan fingerprint density at radius 2 is 1.85 bits per heavy atom. The number of carbonyl (C=O) groups excluding carboxylic acids is 2. The molecule has 0 spiro atoms. The molecule has 194 valence electrons. The molecule has 3 atom stereocenters. The molecule has 1 aliphatic rings. The molecule has 1 fully saturated rings. The van der Waals surface area contributed by atoms with Crippen molar-refractivity contribution in [3.63, 3.8) is 0 Å². The topological polar surface area (TPSA) is 117 Å². The molecule has 10 heteroatoms. The smallest absolute Gasteiger partial charge is 0.272 e. The predicted octanol–water partition coefficient (Wildman–Crippen LogP) is 0.847. The lowest BCUT2D eigenvalue weighted by Gasteiger charge is -2.31. The van der Waals surface area contributed by atoms with E-state index in [2.05, 4.69) is 18.9 Å². The average Bonchev–Trinajstić information content (AvgIpc) is 3.13. The van der Waals surface area contributed by atoms with Crippen LogP contribution in [0.5, 0.6) is 0 Å². The van der Waals surface area contributed by atoms with Crippen molar-refractivity contribution in [3.8, 4) is 0 Å². The van der Waals surface area contributed by atoms with E-state index in [1.807, 2.05) is 11.0 Å². The van der Waals surface area contributed by atoms with Gasteiger partial charge in [0, 0.05) is 53.9 Å². The Morgan fingerprint density at radius 1 is 1.18 bits per heavy atom. The fraction of sp³-hybridized carbons (Fsp3) is 0.792. The minimum Gasteiger partial charge on any atom is -0.388 e. The van der Waals surface area contributed by atoms with Gasteiger partial charge in [-0.2, -0.15) is 5.10 Å². The highest BCUT2D eigenvalue weighted by atomic mass is 16.5. The van der Waals surface area contributed by atoms with Gasteiger partial charge in [0.25, 0.3) is 5.91 Å². The van der Waals surface area contributed by atoms with Crippen molar-refractivity contribution in [1.82, 2.24) is 19.6 Å². The number of hydrogen-bond donors (Lipinski definition) is 2. The van der Waals surface area contributed by atoms with E-state index in [9.17, 15) is 19.8 Å².